The van der Waals surface area contributed by atoms with Crippen LogP contribution < -0.4 is 10.1 Å². The fraction of sp³-hybridized carbons (Fsp3) is 0.286. The van der Waals surface area contributed by atoms with Crippen molar-refractivity contribution in [2.45, 2.75) is 39.3 Å². The predicted octanol–water partition coefficient (Wildman–Crippen LogP) is 3.43. The number of rotatable bonds is 9. The number of aromatic nitrogens is 1. The number of hydrogen-bond donors (Lipinski definition) is 2. The van der Waals surface area contributed by atoms with Gasteiger partial charge >= 0.3 is 5.97 Å². The molecule has 6 nitrogen and oxygen atoms in total. The summed E-state index contributed by atoms with van der Waals surface area (Å²) in [5, 5.41) is 11.8. The quantitative estimate of drug-likeness (QED) is 0.662. The van der Waals surface area contributed by atoms with E-state index < -0.39 is 17.9 Å². The van der Waals surface area contributed by atoms with Gasteiger partial charge < -0.3 is 15.2 Å². The monoisotopic (exact) mass is 368 g/mol. The summed E-state index contributed by atoms with van der Waals surface area (Å²) in [6.45, 7) is 7.67. The Bertz CT molecular complexity index is 795. The minimum atomic E-state index is -1.06. The SMILES string of the molecule is C=CCCC(NC(=O)c1cc(C)c(OCc2cccnc2)c(C)c1)C(=O)O. The van der Waals surface area contributed by atoms with Gasteiger partial charge in [0.05, 0.1) is 0 Å². The van der Waals surface area contributed by atoms with Crippen molar-refractivity contribution in [1.29, 1.82) is 0 Å². The van der Waals surface area contributed by atoms with Crippen molar-refractivity contribution >= 4 is 11.9 Å². The van der Waals surface area contributed by atoms with Crippen molar-refractivity contribution in [3.63, 3.8) is 0 Å². The summed E-state index contributed by atoms with van der Waals surface area (Å²) >= 11 is 0. The Morgan fingerprint density at radius 2 is 2.04 bits per heavy atom. The van der Waals surface area contributed by atoms with E-state index in [0.717, 1.165) is 16.7 Å². The number of carboxylic acids is 1. The van der Waals surface area contributed by atoms with Crippen molar-refractivity contribution in [2.75, 3.05) is 0 Å². The predicted molar refractivity (Wildman–Crippen MR) is 103 cm³/mol. The van der Waals surface area contributed by atoms with Crippen LogP contribution in [0.2, 0.25) is 0 Å². The number of carbonyl (C=O) groups excluding carboxylic acids is 1. The lowest BCUT2D eigenvalue weighted by atomic mass is 10.0. The van der Waals surface area contributed by atoms with Crippen LogP contribution in [0.5, 0.6) is 5.75 Å². The first kappa shape index (κ1) is 20.2. The number of allylic oxidation sites excluding steroid dienone is 1. The molecule has 2 N–H and O–H groups in total. The molecule has 0 aliphatic carbocycles. The number of aryl methyl sites for hydroxylation is 2. The zero-order valence-electron chi connectivity index (χ0n) is 15.6. The molecule has 27 heavy (non-hydrogen) atoms. The maximum atomic E-state index is 12.5. The molecule has 0 saturated carbocycles. The molecule has 1 aromatic carbocycles. The van der Waals surface area contributed by atoms with Gasteiger partial charge in [-0.2, -0.15) is 0 Å². The minimum Gasteiger partial charge on any atom is -0.488 e. The second kappa shape index (κ2) is 9.52. The lowest BCUT2D eigenvalue weighted by Crippen LogP contribution is -2.40. The van der Waals surface area contributed by atoms with Crippen LogP contribution in [0.4, 0.5) is 0 Å². The van der Waals surface area contributed by atoms with Gasteiger partial charge in [0.25, 0.3) is 5.91 Å². The second-order valence-corrected chi connectivity index (χ2v) is 6.32. The Morgan fingerprint density at radius 3 is 2.59 bits per heavy atom. The van der Waals surface area contributed by atoms with E-state index in [1.54, 1.807) is 30.6 Å². The third-order valence-electron chi connectivity index (χ3n) is 4.09. The largest absolute Gasteiger partial charge is 0.488 e. The second-order valence-electron chi connectivity index (χ2n) is 6.32. The molecule has 1 heterocycles. The molecule has 1 amide bonds. The van der Waals surface area contributed by atoms with E-state index in [2.05, 4.69) is 16.9 Å². The molecule has 6 heteroatoms. The van der Waals surface area contributed by atoms with Gasteiger partial charge in [0, 0.05) is 23.5 Å². The summed E-state index contributed by atoms with van der Waals surface area (Å²) < 4.78 is 5.88. The summed E-state index contributed by atoms with van der Waals surface area (Å²) in [6.07, 6.45) is 5.88. The van der Waals surface area contributed by atoms with Crippen molar-refractivity contribution in [2.24, 2.45) is 0 Å². The van der Waals surface area contributed by atoms with Crippen molar-refractivity contribution in [3.8, 4) is 5.75 Å². The normalized spacial score (nSPS) is 11.5. The lowest BCUT2D eigenvalue weighted by molar-refractivity contribution is -0.139. The summed E-state index contributed by atoms with van der Waals surface area (Å²) in [5.41, 5.74) is 2.97. The zero-order chi connectivity index (χ0) is 19.8. The Kier molecular flexibility index (Phi) is 7.11. The van der Waals surface area contributed by atoms with Crippen LogP contribution in [0.15, 0.2) is 49.3 Å². The molecule has 0 aliphatic heterocycles. The van der Waals surface area contributed by atoms with Crippen molar-refractivity contribution in [1.82, 2.24) is 10.3 Å². The first-order chi connectivity index (χ1) is 12.9. The molecule has 1 unspecified atom stereocenters. The fourth-order valence-electron chi connectivity index (χ4n) is 2.73. The van der Waals surface area contributed by atoms with Crippen LogP contribution in [-0.4, -0.2) is 28.0 Å². The number of hydrogen-bond acceptors (Lipinski definition) is 4. The Balaban J connectivity index is 2.11. The first-order valence-corrected chi connectivity index (χ1v) is 8.70. The van der Waals surface area contributed by atoms with Gasteiger partial charge in [0.2, 0.25) is 0 Å². The number of ether oxygens (including phenoxy) is 1. The zero-order valence-corrected chi connectivity index (χ0v) is 15.6. The minimum absolute atomic E-state index is 0.300. The van der Waals surface area contributed by atoms with E-state index in [0.29, 0.717) is 30.8 Å². The highest BCUT2D eigenvalue weighted by molar-refractivity contribution is 5.97. The highest BCUT2D eigenvalue weighted by Crippen LogP contribution is 2.26. The van der Waals surface area contributed by atoms with Gasteiger partial charge in [-0.25, -0.2) is 4.79 Å². The van der Waals surface area contributed by atoms with E-state index in [1.165, 1.54) is 0 Å². The molecule has 2 rings (SSSR count). The summed E-state index contributed by atoms with van der Waals surface area (Å²) in [6, 6.07) is 6.23. The molecule has 0 bridgehead atoms. The Hall–Kier alpha value is -3.15. The topological polar surface area (TPSA) is 88.5 Å². The molecule has 2 aromatic rings. The Labute approximate surface area is 158 Å². The van der Waals surface area contributed by atoms with Crippen molar-refractivity contribution in [3.05, 3.63) is 71.6 Å². The van der Waals surface area contributed by atoms with Gasteiger partial charge in [0.1, 0.15) is 18.4 Å². The van der Waals surface area contributed by atoms with Gasteiger partial charge in [0.15, 0.2) is 0 Å². The standard InChI is InChI=1S/C21H24N2O4/c1-4-5-8-18(21(25)26)23-20(24)17-10-14(2)19(15(3)11-17)27-13-16-7-6-9-22-12-16/h4,6-7,9-12,18H,1,5,8,13H2,2-3H3,(H,23,24)(H,25,26). The molecule has 0 saturated heterocycles. The van der Waals surface area contributed by atoms with E-state index >= 15 is 0 Å². The number of benzene rings is 1. The van der Waals surface area contributed by atoms with Crippen LogP contribution >= 0.6 is 0 Å². The van der Waals surface area contributed by atoms with Crippen LogP contribution in [0.1, 0.15) is 39.9 Å². The molecule has 142 valence electrons. The number of carboxylic acid groups (broad SMARTS) is 1. The van der Waals surface area contributed by atoms with Gasteiger partial charge in [-0.15, -0.1) is 6.58 Å². The molecule has 1 atom stereocenters. The molecular formula is C21H24N2O4. The van der Waals surface area contributed by atoms with E-state index in [9.17, 15) is 14.7 Å². The molecule has 0 aliphatic rings. The number of pyridine rings is 1. The number of aliphatic carboxylic acids is 1. The molecule has 0 spiro atoms. The number of amides is 1. The Morgan fingerprint density at radius 1 is 1.33 bits per heavy atom. The maximum Gasteiger partial charge on any atom is 0.326 e. The van der Waals surface area contributed by atoms with Crippen LogP contribution in [-0.2, 0) is 11.4 Å². The highest BCUT2D eigenvalue weighted by atomic mass is 16.5. The molecule has 0 fully saturated rings. The lowest BCUT2D eigenvalue weighted by Gasteiger charge is -2.16. The number of nitrogens with one attached hydrogen (secondary N) is 1. The van der Waals surface area contributed by atoms with E-state index in [-0.39, 0.29) is 0 Å². The van der Waals surface area contributed by atoms with Crippen molar-refractivity contribution < 1.29 is 19.4 Å². The average molecular weight is 368 g/mol. The molecular weight excluding hydrogens is 344 g/mol. The average Bonchev–Trinajstić information content (AvgIpc) is 2.64. The first-order valence-electron chi connectivity index (χ1n) is 8.70. The van der Waals surface area contributed by atoms with E-state index in [1.807, 2.05) is 26.0 Å². The van der Waals surface area contributed by atoms with Crippen LogP contribution in [0.25, 0.3) is 0 Å². The van der Waals surface area contributed by atoms with Gasteiger partial charge in [-0.3, -0.25) is 9.78 Å². The van der Waals surface area contributed by atoms with Gasteiger partial charge in [-0.1, -0.05) is 12.1 Å². The van der Waals surface area contributed by atoms with E-state index in [4.69, 9.17) is 4.74 Å². The number of nitrogens with zero attached hydrogens (tertiary/aromatic N) is 1. The number of carbonyl (C=O) groups is 2. The van der Waals surface area contributed by atoms with Crippen LogP contribution in [0.3, 0.4) is 0 Å². The summed E-state index contributed by atoms with van der Waals surface area (Å²) in [5.74, 6) is -0.775. The third kappa shape index (κ3) is 5.67. The maximum absolute atomic E-state index is 12.5. The van der Waals surface area contributed by atoms with Gasteiger partial charge in [-0.05, 0) is 56.0 Å². The summed E-state index contributed by atoms with van der Waals surface area (Å²) in [7, 11) is 0. The summed E-state index contributed by atoms with van der Waals surface area (Å²) in [4.78, 5) is 27.8. The fourth-order valence-corrected chi connectivity index (χ4v) is 2.73. The third-order valence-corrected chi connectivity index (χ3v) is 4.09. The molecule has 1 aromatic heterocycles. The molecule has 0 radical (unpaired) electrons. The smallest absolute Gasteiger partial charge is 0.326 e. The highest BCUT2D eigenvalue weighted by Gasteiger charge is 2.21. The van der Waals surface area contributed by atoms with Crippen LogP contribution in [0, 0.1) is 13.8 Å².